The molecule has 0 radical (unpaired) electrons. The normalized spacial score (nSPS) is 11.3. The molecule has 0 aliphatic rings. The molecule has 0 unspecified atom stereocenters. The molecule has 0 bridgehead atoms. The van der Waals surface area contributed by atoms with Crippen molar-refractivity contribution in [1.82, 2.24) is 4.98 Å². The first-order valence-electron chi connectivity index (χ1n) is 9.20. The molecular formula is C21H16ClN3O3S4. The van der Waals surface area contributed by atoms with Crippen LogP contribution in [0.2, 0.25) is 5.02 Å². The van der Waals surface area contributed by atoms with Gasteiger partial charge in [0, 0.05) is 26.5 Å². The van der Waals surface area contributed by atoms with E-state index in [-0.39, 0.29) is 15.9 Å². The van der Waals surface area contributed by atoms with E-state index in [1.807, 2.05) is 23.6 Å². The molecule has 2 aromatic heterocycles. The number of anilines is 2. The van der Waals surface area contributed by atoms with Crippen LogP contribution in [-0.2, 0) is 14.8 Å². The van der Waals surface area contributed by atoms with Gasteiger partial charge in [-0.25, -0.2) is 13.4 Å². The molecule has 32 heavy (non-hydrogen) atoms. The molecule has 0 aliphatic heterocycles. The van der Waals surface area contributed by atoms with Crippen molar-refractivity contribution in [3.05, 3.63) is 76.4 Å². The summed E-state index contributed by atoms with van der Waals surface area (Å²) in [5.74, 6) is 0.0129. The van der Waals surface area contributed by atoms with Gasteiger partial charge in [0.15, 0.2) is 5.13 Å². The minimum absolute atomic E-state index is 0.183. The van der Waals surface area contributed by atoms with Crippen LogP contribution in [0.3, 0.4) is 0 Å². The molecule has 0 aliphatic carbocycles. The maximum atomic E-state index is 12.3. The highest BCUT2D eigenvalue weighted by Gasteiger charge is 2.15. The molecule has 0 fully saturated rings. The van der Waals surface area contributed by atoms with Gasteiger partial charge in [-0.1, -0.05) is 35.9 Å². The Kier molecular flexibility index (Phi) is 7.17. The van der Waals surface area contributed by atoms with Crippen molar-refractivity contribution in [2.75, 3.05) is 15.8 Å². The molecule has 6 nitrogen and oxygen atoms in total. The number of aromatic nitrogens is 1. The molecule has 0 saturated carbocycles. The SMILES string of the molecule is O=C(CSc1ccc(NS(=O)(=O)c2cccs2)cc1)Nc1nc(-c2ccccc2Cl)cs1. The molecule has 0 atom stereocenters. The summed E-state index contributed by atoms with van der Waals surface area (Å²) < 4.78 is 27.4. The molecule has 11 heteroatoms. The summed E-state index contributed by atoms with van der Waals surface area (Å²) in [6.07, 6.45) is 0. The van der Waals surface area contributed by atoms with Gasteiger partial charge >= 0.3 is 0 Å². The molecule has 1 amide bonds. The monoisotopic (exact) mass is 521 g/mol. The van der Waals surface area contributed by atoms with Crippen molar-refractivity contribution in [1.29, 1.82) is 0 Å². The Bertz CT molecular complexity index is 1320. The Morgan fingerprint density at radius 3 is 2.53 bits per heavy atom. The lowest BCUT2D eigenvalue weighted by molar-refractivity contribution is -0.113. The molecule has 2 heterocycles. The average Bonchev–Trinajstić information content (AvgIpc) is 3.46. The third-order valence-electron chi connectivity index (χ3n) is 4.14. The van der Waals surface area contributed by atoms with Crippen molar-refractivity contribution in [2.24, 2.45) is 0 Å². The van der Waals surface area contributed by atoms with Crippen LogP contribution >= 0.6 is 46.0 Å². The second kappa shape index (κ2) is 10.1. The fourth-order valence-corrected chi connectivity index (χ4v) is 6.38. The van der Waals surface area contributed by atoms with Gasteiger partial charge in [0.2, 0.25) is 5.91 Å². The first kappa shape index (κ1) is 22.8. The zero-order chi connectivity index (χ0) is 22.6. The number of hydrogen-bond acceptors (Lipinski definition) is 7. The fourth-order valence-electron chi connectivity index (χ4n) is 2.67. The quantitative estimate of drug-likeness (QED) is 0.275. The Balaban J connectivity index is 1.30. The lowest BCUT2D eigenvalue weighted by atomic mass is 10.2. The lowest BCUT2D eigenvalue weighted by Gasteiger charge is -2.07. The van der Waals surface area contributed by atoms with Crippen LogP contribution in [0.4, 0.5) is 10.8 Å². The number of nitrogens with zero attached hydrogens (tertiary/aromatic N) is 1. The van der Waals surface area contributed by atoms with Crippen molar-refractivity contribution in [3.8, 4) is 11.3 Å². The van der Waals surface area contributed by atoms with Gasteiger partial charge in [-0.2, -0.15) is 0 Å². The van der Waals surface area contributed by atoms with E-state index in [1.54, 1.807) is 47.8 Å². The van der Waals surface area contributed by atoms with Crippen molar-refractivity contribution in [3.63, 3.8) is 0 Å². The zero-order valence-electron chi connectivity index (χ0n) is 16.3. The summed E-state index contributed by atoms with van der Waals surface area (Å²) in [4.78, 5) is 17.6. The highest BCUT2D eigenvalue weighted by atomic mass is 35.5. The number of amides is 1. The fraction of sp³-hybridized carbons (Fsp3) is 0.0476. The van der Waals surface area contributed by atoms with Crippen molar-refractivity contribution >= 4 is 72.8 Å². The maximum absolute atomic E-state index is 12.3. The zero-order valence-corrected chi connectivity index (χ0v) is 20.3. The van der Waals surface area contributed by atoms with Gasteiger partial charge in [-0.15, -0.1) is 34.4 Å². The van der Waals surface area contributed by atoms with Crippen LogP contribution in [0.1, 0.15) is 0 Å². The topological polar surface area (TPSA) is 88.2 Å². The van der Waals surface area contributed by atoms with E-state index < -0.39 is 10.0 Å². The summed E-state index contributed by atoms with van der Waals surface area (Å²) >= 11 is 10.0. The maximum Gasteiger partial charge on any atom is 0.271 e. The van der Waals surface area contributed by atoms with Crippen LogP contribution in [0.5, 0.6) is 0 Å². The molecule has 2 aromatic carbocycles. The predicted molar refractivity (Wildman–Crippen MR) is 133 cm³/mol. The van der Waals surface area contributed by atoms with Crippen LogP contribution in [-0.4, -0.2) is 25.1 Å². The molecule has 0 spiro atoms. The smallest absolute Gasteiger partial charge is 0.271 e. The number of hydrogen-bond donors (Lipinski definition) is 2. The summed E-state index contributed by atoms with van der Waals surface area (Å²) in [7, 11) is -3.58. The summed E-state index contributed by atoms with van der Waals surface area (Å²) in [5, 5.41) is 7.46. The first-order valence-corrected chi connectivity index (χ1v) is 13.8. The number of rotatable bonds is 8. The Morgan fingerprint density at radius 1 is 1.03 bits per heavy atom. The number of thiophene rings is 1. The second-order valence-corrected chi connectivity index (χ2v) is 11.6. The van der Waals surface area contributed by atoms with Gasteiger partial charge in [0.25, 0.3) is 10.0 Å². The van der Waals surface area contributed by atoms with Gasteiger partial charge < -0.3 is 5.32 Å². The number of sulfonamides is 1. The number of halogens is 1. The number of carbonyl (C=O) groups excluding carboxylic acids is 1. The van der Waals surface area contributed by atoms with E-state index in [9.17, 15) is 13.2 Å². The van der Waals surface area contributed by atoms with E-state index >= 15 is 0 Å². The van der Waals surface area contributed by atoms with Gasteiger partial charge in [-0.3, -0.25) is 9.52 Å². The lowest BCUT2D eigenvalue weighted by Crippen LogP contribution is -2.13. The number of nitrogens with one attached hydrogen (secondary N) is 2. The predicted octanol–water partition coefficient (Wildman–Crippen LogP) is 6.06. The standard InChI is InChI=1S/C21H16ClN3O3S4/c22-17-5-2-1-4-16(17)18-12-31-21(23-18)24-19(26)13-30-15-9-7-14(8-10-15)25-32(27,28)20-6-3-11-29-20/h1-12,25H,13H2,(H,23,24,26). The van der Waals surface area contributed by atoms with Gasteiger partial charge in [0.1, 0.15) is 4.21 Å². The minimum atomic E-state index is -3.58. The van der Waals surface area contributed by atoms with Crippen LogP contribution < -0.4 is 10.0 Å². The van der Waals surface area contributed by atoms with Crippen LogP contribution in [0.25, 0.3) is 11.3 Å². The Hall–Kier alpha value is -2.37. The summed E-state index contributed by atoms with van der Waals surface area (Å²) in [6, 6.07) is 17.5. The van der Waals surface area contributed by atoms with E-state index in [2.05, 4.69) is 15.0 Å². The van der Waals surface area contributed by atoms with Crippen molar-refractivity contribution < 1.29 is 13.2 Å². The molecular weight excluding hydrogens is 506 g/mol. The van der Waals surface area contributed by atoms with E-state index in [0.717, 1.165) is 21.8 Å². The number of thiazole rings is 1. The van der Waals surface area contributed by atoms with Crippen molar-refractivity contribution in [2.45, 2.75) is 9.10 Å². The Morgan fingerprint density at radius 2 is 1.81 bits per heavy atom. The van der Waals surface area contributed by atoms with Gasteiger partial charge in [-0.05, 0) is 41.8 Å². The highest BCUT2D eigenvalue weighted by Crippen LogP contribution is 2.30. The van der Waals surface area contributed by atoms with E-state index in [1.165, 1.54) is 23.1 Å². The molecule has 164 valence electrons. The molecule has 4 rings (SSSR count). The van der Waals surface area contributed by atoms with E-state index in [0.29, 0.717) is 21.5 Å². The number of thioether (sulfide) groups is 1. The summed E-state index contributed by atoms with van der Waals surface area (Å²) in [6.45, 7) is 0. The van der Waals surface area contributed by atoms with Crippen LogP contribution in [0, 0.1) is 0 Å². The third-order valence-corrected chi connectivity index (χ3v) is 9.01. The third kappa shape index (κ3) is 5.70. The average molecular weight is 522 g/mol. The highest BCUT2D eigenvalue weighted by molar-refractivity contribution is 8.00. The molecule has 0 saturated heterocycles. The largest absolute Gasteiger partial charge is 0.301 e. The minimum Gasteiger partial charge on any atom is -0.301 e. The Labute approximate surface area is 202 Å². The second-order valence-electron chi connectivity index (χ2n) is 6.42. The molecule has 4 aromatic rings. The number of benzene rings is 2. The first-order chi connectivity index (χ1) is 15.4. The summed E-state index contributed by atoms with van der Waals surface area (Å²) in [5.41, 5.74) is 1.99. The van der Waals surface area contributed by atoms with Gasteiger partial charge in [0.05, 0.1) is 11.4 Å². The number of carbonyl (C=O) groups is 1. The van der Waals surface area contributed by atoms with E-state index in [4.69, 9.17) is 11.6 Å². The molecule has 2 N–H and O–H groups in total. The van der Waals surface area contributed by atoms with Crippen LogP contribution in [0.15, 0.2) is 80.5 Å².